The van der Waals surface area contributed by atoms with Crippen molar-refractivity contribution in [2.75, 3.05) is 27.2 Å². The topological polar surface area (TPSA) is 203 Å². The van der Waals surface area contributed by atoms with Gasteiger partial charge in [-0.05, 0) is 75.8 Å². The first kappa shape index (κ1) is 39.0. The molecule has 2 heterocycles. The summed E-state index contributed by atoms with van der Waals surface area (Å²) in [5.41, 5.74) is -2.53. The summed E-state index contributed by atoms with van der Waals surface area (Å²) in [4.78, 5) is 74.3. The second kappa shape index (κ2) is 15.0. The maximum absolute atomic E-state index is 14.4. The molecule has 5 atom stereocenters. The molecule has 5 rings (SSSR count). The smallest absolute Gasteiger partial charge is 0.408 e. The van der Waals surface area contributed by atoms with Gasteiger partial charge in [0, 0.05) is 31.0 Å². The molecule has 3 fully saturated rings. The van der Waals surface area contributed by atoms with Crippen LogP contribution in [-0.2, 0) is 33.9 Å². The summed E-state index contributed by atoms with van der Waals surface area (Å²) < 4.78 is 44.5. The van der Waals surface area contributed by atoms with Gasteiger partial charge in [0.1, 0.15) is 35.1 Å². The number of alkyl carbamates (subject to hydrolysis) is 1. The summed E-state index contributed by atoms with van der Waals surface area (Å²) in [5.74, 6) is -2.64. The van der Waals surface area contributed by atoms with Gasteiger partial charge in [-0.15, -0.1) is 6.58 Å². The van der Waals surface area contributed by atoms with Crippen LogP contribution in [-0.4, -0.2) is 115 Å². The Morgan fingerprint density at radius 1 is 1.15 bits per heavy atom. The third-order valence-electron chi connectivity index (χ3n) is 9.31. The standard InChI is InChI=1S/C36H46N6O10S/c1-8-22-18-36(22,33(46)40-53(48,49)25-11-12-25)39-30(44)28-17-24(51-31-26-13-10-23(50-7)16-21(26)14-15-37-31)19-42(28)32(45)27(20-41(6)29(43)9-2)38-34(47)52-35(3,4)5/h8-10,13-16,22,24-25,27-28H,1-2,11-12,17-20H2,3-7H3,(H,38,47)(H,39,44)(H,40,46). The summed E-state index contributed by atoms with van der Waals surface area (Å²) in [7, 11) is -0.974. The summed E-state index contributed by atoms with van der Waals surface area (Å²) in [6, 6.07) is 4.44. The highest BCUT2D eigenvalue weighted by molar-refractivity contribution is 7.91. The highest BCUT2D eigenvalue weighted by atomic mass is 32.2. The molecule has 3 aliphatic rings. The number of hydrogen-bond acceptors (Lipinski definition) is 11. The third kappa shape index (κ3) is 8.89. The molecule has 1 saturated heterocycles. The van der Waals surface area contributed by atoms with Crippen molar-refractivity contribution >= 4 is 50.5 Å². The van der Waals surface area contributed by atoms with Gasteiger partial charge in [0.2, 0.25) is 33.6 Å². The Balaban J connectivity index is 1.46. The number of nitrogens with one attached hydrogen (secondary N) is 3. The molecule has 1 aromatic heterocycles. The van der Waals surface area contributed by atoms with Crippen LogP contribution in [0.5, 0.6) is 11.6 Å². The van der Waals surface area contributed by atoms with Crippen LogP contribution in [0.1, 0.15) is 46.5 Å². The van der Waals surface area contributed by atoms with E-state index in [-0.39, 0.29) is 31.8 Å². The normalized spacial score (nSPS) is 22.9. The number of amides is 5. The molecule has 1 aromatic carbocycles. The van der Waals surface area contributed by atoms with E-state index in [2.05, 4.69) is 33.5 Å². The van der Waals surface area contributed by atoms with E-state index in [0.717, 1.165) is 11.5 Å². The van der Waals surface area contributed by atoms with Crippen molar-refractivity contribution in [1.82, 2.24) is 30.1 Å². The molecule has 286 valence electrons. The fourth-order valence-electron chi connectivity index (χ4n) is 6.26. The molecule has 2 aromatic rings. The number of aromatic nitrogens is 1. The van der Waals surface area contributed by atoms with Gasteiger partial charge in [0.25, 0.3) is 5.91 Å². The molecule has 5 unspecified atom stereocenters. The minimum atomic E-state index is -3.94. The van der Waals surface area contributed by atoms with Gasteiger partial charge in [-0.1, -0.05) is 12.7 Å². The number of carbonyl (C=O) groups is 5. The summed E-state index contributed by atoms with van der Waals surface area (Å²) >= 11 is 0. The molecule has 0 spiro atoms. The fourth-order valence-corrected chi connectivity index (χ4v) is 7.62. The zero-order valence-electron chi connectivity index (χ0n) is 30.4. The average molecular weight is 755 g/mol. The maximum Gasteiger partial charge on any atom is 0.408 e. The Labute approximate surface area is 308 Å². The van der Waals surface area contributed by atoms with Crippen LogP contribution < -0.4 is 24.8 Å². The highest BCUT2D eigenvalue weighted by Crippen LogP contribution is 2.45. The van der Waals surface area contributed by atoms with Crippen molar-refractivity contribution in [1.29, 1.82) is 0 Å². The predicted octanol–water partition coefficient (Wildman–Crippen LogP) is 1.80. The first-order valence-electron chi connectivity index (χ1n) is 17.2. The van der Waals surface area contributed by atoms with Gasteiger partial charge in [-0.25, -0.2) is 18.2 Å². The quantitative estimate of drug-likeness (QED) is 0.188. The molecule has 17 heteroatoms. The number of pyridine rings is 1. The number of fused-ring (bicyclic) bond motifs is 1. The number of likely N-dealkylation sites (tertiary alicyclic amines) is 1. The summed E-state index contributed by atoms with van der Waals surface area (Å²) in [6.07, 6.45) is 3.21. The molecule has 1 aliphatic heterocycles. The average Bonchev–Trinajstić information content (AvgIpc) is 4.03. The van der Waals surface area contributed by atoms with Crippen molar-refractivity contribution in [3.05, 3.63) is 55.8 Å². The molecule has 2 saturated carbocycles. The lowest BCUT2D eigenvalue weighted by Crippen LogP contribution is -2.60. The number of nitrogens with zero attached hydrogens (tertiary/aromatic N) is 3. The number of hydrogen-bond donors (Lipinski definition) is 3. The van der Waals surface area contributed by atoms with Crippen LogP contribution in [0.25, 0.3) is 10.8 Å². The van der Waals surface area contributed by atoms with E-state index in [1.54, 1.807) is 58.3 Å². The molecule has 5 amide bonds. The maximum atomic E-state index is 14.4. The number of benzene rings is 1. The van der Waals surface area contributed by atoms with Gasteiger partial charge < -0.3 is 34.6 Å². The molecule has 0 bridgehead atoms. The van der Waals surface area contributed by atoms with E-state index in [0.29, 0.717) is 24.0 Å². The summed E-state index contributed by atoms with van der Waals surface area (Å²) in [5, 5.41) is 6.00. The van der Waals surface area contributed by atoms with Crippen LogP contribution in [0.2, 0.25) is 0 Å². The number of sulfonamides is 1. The van der Waals surface area contributed by atoms with Crippen LogP contribution in [0, 0.1) is 5.92 Å². The van der Waals surface area contributed by atoms with Gasteiger partial charge in [-0.3, -0.25) is 23.9 Å². The van der Waals surface area contributed by atoms with Gasteiger partial charge in [0.05, 0.1) is 25.4 Å². The van der Waals surface area contributed by atoms with Gasteiger partial charge in [0.15, 0.2) is 0 Å². The van der Waals surface area contributed by atoms with Crippen molar-refractivity contribution in [2.45, 2.75) is 81.0 Å². The monoisotopic (exact) mass is 754 g/mol. The lowest BCUT2D eigenvalue weighted by Gasteiger charge is -2.31. The summed E-state index contributed by atoms with van der Waals surface area (Å²) in [6.45, 7) is 11.7. The molecular formula is C36H46N6O10S. The van der Waals surface area contributed by atoms with Crippen molar-refractivity contribution in [3.63, 3.8) is 0 Å². The molecule has 2 aliphatic carbocycles. The van der Waals surface area contributed by atoms with E-state index < -0.39 is 80.2 Å². The Morgan fingerprint density at radius 2 is 1.87 bits per heavy atom. The fraction of sp³-hybridized carbons (Fsp3) is 0.500. The van der Waals surface area contributed by atoms with Crippen molar-refractivity contribution < 1.29 is 46.6 Å². The molecule has 3 N–H and O–H groups in total. The van der Waals surface area contributed by atoms with E-state index in [9.17, 15) is 32.4 Å². The second-order valence-electron chi connectivity index (χ2n) is 14.5. The van der Waals surface area contributed by atoms with Crippen LogP contribution in [0.4, 0.5) is 4.79 Å². The van der Waals surface area contributed by atoms with E-state index in [4.69, 9.17) is 14.2 Å². The minimum absolute atomic E-state index is 0.0663. The Hall–Kier alpha value is -5.19. The van der Waals surface area contributed by atoms with Crippen molar-refractivity contribution in [2.24, 2.45) is 5.92 Å². The first-order valence-corrected chi connectivity index (χ1v) is 18.7. The number of methoxy groups -OCH3 is 1. The van der Waals surface area contributed by atoms with E-state index >= 15 is 0 Å². The zero-order chi connectivity index (χ0) is 38.9. The Morgan fingerprint density at radius 3 is 2.47 bits per heavy atom. The van der Waals surface area contributed by atoms with E-state index in [1.807, 2.05) is 0 Å². The van der Waals surface area contributed by atoms with Gasteiger partial charge in [-0.2, -0.15) is 0 Å². The van der Waals surface area contributed by atoms with Crippen LogP contribution >= 0.6 is 0 Å². The highest BCUT2D eigenvalue weighted by Gasteiger charge is 2.62. The number of ether oxygens (including phenoxy) is 3. The molecule has 53 heavy (non-hydrogen) atoms. The Bertz CT molecular complexity index is 1930. The molecule has 0 radical (unpaired) electrons. The largest absolute Gasteiger partial charge is 0.497 e. The van der Waals surface area contributed by atoms with Gasteiger partial charge >= 0.3 is 6.09 Å². The van der Waals surface area contributed by atoms with E-state index in [1.165, 1.54) is 22.9 Å². The lowest BCUT2D eigenvalue weighted by molar-refractivity contribution is -0.141. The first-order chi connectivity index (χ1) is 24.9. The van der Waals surface area contributed by atoms with Crippen LogP contribution in [0.3, 0.4) is 0 Å². The lowest BCUT2D eigenvalue weighted by atomic mass is 10.1. The number of rotatable bonds is 14. The molecular weight excluding hydrogens is 708 g/mol. The number of carbonyl (C=O) groups excluding carboxylic acids is 5. The SMILES string of the molecule is C=CC(=O)N(C)CC(NC(=O)OC(C)(C)C)C(=O)N1CC(Oc2nccc3cc(OC)ccc23)CC1C(=O)NC1(C(=O)NS(=O)(=O)C2CC2)CC1C=C. The predicted molar refractivity (Wildman–Crippen MR) is 193 cm³/mol. The van der Waals surface area contributed by atoms with Crippen LogP contribution in [0.15, 0.2) is 55.8 Å². The van der Waals surface area contributed by atoms with Crippen molar-refractivity contribution in [3.8, 4) is 11.6 Å². The number of likely N-dealkylation sites (N-methyl/N-ethyl adjacent to an activating group) is 1. The zero-order valence-corrected chi connectivity index (χ0v) is 31.2. The molecule has 16 nitrogen and oxygen atoms in total. The second-order valence-corrected chi connectivity index (χ2v) is 16.5. The minimum Gasteiger partial charge on any atom is -0.497 e. The third-order valence-corrected chi connectivity index (χ3v) is 11.1. The Kier molecular flexibility index (Phi) is 11.1.